The van der Waals surface area contributed by atoms with Crippen LogP contribution in [0.25, 0.3) is 0 Å². The molecule has 0 saturated carbocycles. The Kier molecular flexibility index (Phi) is 4.29. The van der Waals surface area contributed by atoms with Crippen LogP contribution in [0.3, 0.4) is 0 Å². The van der Waals surface area contributed by atoms with Gasteiger partial charge in [0, 0.05) is 0 Å². The van der Waals surface area contributed by atoms with Crippen LogP contribution < -0.4 is 0 Å². The Hall–Kier alpha value is -1.18. The van der Waals surface area contributed by atoms with Gasteiger partial charge in [0.05, 0.1) is 13.2 Å². The average Bonchev–Trinajstić information content (AvgIpc) is 3.16. The lowest BCUT2D eigenvalue weighted by Crippen LogP contribution is -2.20. The Morgan fingerprint density at radius 1 is 0.941 bits per heavy atom. The summed E-state index contributed by atoms with van der Waals surface area (Å²) >= 11 is 0. The molecule has 0 spiro atoms. The molecule has 0 N–H and O–H groups in total. The highest BCUT2D eigenvalue weighted by Crippen LogP contribution is 2.09. The van der Waals surface area contributed by atoms with Crippen molar-refractivity contribution in [1.82, 2.24) is 0 Å². The lowest BCUT2D eigenvalue weighted by Gasteiger charge is -2.04. The van der Waals surface area contributed by atoms with E-state index in [1.807, 2.05) is 0 Å². The van der Waals surface area contributed by atoms with Crippen molar-refractivity contribution >= 4 is 11.9 Å². The van der Waals surface area contributed by atoms with Crippen LogP contribution in [-0.2, 0) is 33.3 Å². The molecule has 0 amide bonds. The number of carbonyl (C=O) groups is 2. The molecule has 2 rings (SSSR count). The van der Waals surface area contributed by atoms with Crippen LogP contribution in [0.15, 0.2) is 0 Å². The highest BCUT2D eigenvalue weighted by Gasteiger charge is 2.25. The van der Waals surface area contributed by atoms with E-state index in [-0.39, 0.29) is 38.6 Å². The molecule has 2 atom stereocenters. The standard InChI is InChI=1S/C10H14O7/c11-9(16-3-7-1-14-7)5-13-6-10(12)17-4-8-2-15-8/h7-8H,1-6H2. The molecule has 17 heavy (non-hydrogen) atoms. The third-order valence-corrected chi connectivity index (χ3v) is 2.10. The number of rotatable bonds is 8. The first-order valence-electron chi connectivity index (χ1n) is 5.36. The maximum Gasteiger partial charge on any atom is 0.332 e. The normalized spacial score (nSPS) is 25.2. The van der Waals surface area contributed by atoms with Crippen molar-refractivity contribution in [3.05, 3.63) is 0 Å². The van der Waals surface area contributed by atoms with Crippen LogP contribution in [0.4, 0.5) is 0 Å². The molecule has 7 nitrogen and oxygen atoms in total. The number of ether oxygens (including phenoxy) is 5. The number of esters is 2. The number of hydrogen-bond acceptors (Lipinski definition) is 7. The Morgan fingerprint density at radius 3 is 1.71 bits per heavy atom. The second-order valence-electron chi connectivity index (χ2n) is 3.77. The summed E-state index contributed by atoms with van der Waals surface area (Å²) in [6.07, 6.45) is 0.0601. The predicted octanol–water partition coefficient (Wildman–Crippen LogP) is -1.11. The zero-order valence-corrected chi connectivity index (χ0v) is 9.26. The van der Waals surface area contributed by atoms with Gasteiger partial charge in [-0.2, -0.15) is 0 Å². The first-order valence-corrected chi connectivity index (χ1v) is 5.36. The van der Waals surface area contributed by atoms with Gasteiger partial charge in [-0.1, -0.05) is 0 Å². The van der Waals surface area contributed by atoms with Gasteiger partial charge in [-0.3, -0.25) is 0 Å². The summed E-state index contributed by atoms with van der Waals surface area (Å²) in [5.74, 6) is -1.03. The quantitative estimate of drug-likeness (QED) is 0.396. The van der Waals surface area contributed by atoms with E-state index < -0.39 is 11.9 Å². The van der Waals surface area contributed by atoms with E-state index in [9.17, 15) is 9.59 Å². The minimum Gasteiger partial charge on any atom is -0.461 e. The van der Waals surface area contributed by atoms with Crippen LogP contribution in [0.5, 0.6) is 0 Å². The average molecular weight is 246 g/mol. The van der Waals surface area contributed by atoms with Crippen LogP contribution >= 0.6 is 0 Å². The van der Waals surface area contributed by atoms with Gasteiger partial charge >= 0.3 is 11.9 Å². The summed E-state index contributed by atoms with van der Waals surface area (Å²) in [5, 5.41) is 0. The zero-order chi connectivity index (χ0) is 12.1. The van der Waals surface area contributed by atoms with Crippen molar-refractivity contribution < 1.29 is 33.3 Å². The van der Waals surface area contributed by atoms with Gasteiger partial charge in [0.25, 0.3) is 0 Å². The van der Waals surface area contributed by atoms with E-state index in [0.717, 1.165) is 0 Å². The van der Waals surface area contributed by atoms with Crippen LogP contribution in [0, 0.1) is 0 Å². The molecule has 2 aliphatic heterocycles. The van der Waals surface area contributed by atoms with Gasteiger partial charge < -0.3 is 23.7 Å². The smallest absolute Gasteiger partial charge is 0.332 e. The van der Waals surface area contributed by atoms with Crippen molar-refractivity contribution in [2.24, 2.45) is 0 Å². The van der Waals surface area contributed by atoms with Gasteiger partial charge in [-0.25, -0.2) is 9.59 Å². The van der Waals surface area contributed by atoms with E-state index in [4.69, 9.17) is 23.7 Å². The number of epoxide rings is 2. The molecule has 0 aromatic rings. The third kappa shape index (κ3) is 5.62. The molecule has 0 bridgehead atoms. The summed E-state index contributed by atoms with van der Waals surface area (Å²) in [5.41, 5.74) is 0. The highest BCUT2D eigenvalue weighted by molar-refractivity contribution is 5.73. The topological polar surface area (TPSA) is 86.9 Å². The van der Waals surface area contributed by atoms with Gasteiger partial charge in [-0.05, 0) is 0 Å². The summed E-state index contributed by atoms with van der Waals surface area (Å²) in [7, 11) is 0. The van der Waals surface area contributed by atoms with E-state index in [2.05, 4.69) is 0 Å². The molecule has 2 fully saturated rings. The monoisotopic (exact) mass is 246 g/mol. The molecule has 2 saturated heterocycles. The van der Waals surface area contributed by atoms with E-state index in [1.165, 1.54) is 0 Å². The van der Waals surface area contributed by atoms with Crippen LogP contribution in [0.1, 0.15) is 0 Å². The first-order chi connectivity index (χ1) is 8.24. The second kappa shape index (κ2) is 5.95. The van der Waals surface area contributed by atoms with Gasteiger partial charge in [-0.15, -0.1) is 0 Å². The molecule has 7 heteroatoms. The van der Waals surface area contributed by atoms with E-state index >= 15 is 0 Å². The molecule has 2 unspecified atom stereocenters. The maximum absolute atomic E-state index is 11.1. The Balaban J connectivity index is 1.42. The zero-order valence-electron chi connectivity index (χ0n) is 9.26. The van der Waals surface area contributed by atoms with Crippen molar-refractivity contribution in [3.8, 4) is 0 Å². The Bertz CT molecular complexity index is 254. The third-order valence-electron chi connectivity index (χ3n) is 2.10. The summed E-state index contributed by atoms with van der Waals surface area (Å²) < 4.78 is 24.1. The lowest BCUT2D eigenvalue weighted by molar-refractivity contribution is -0.156. The summed E-state index contributed by atoms with van der Waals surface area (Å²) in [6.45, 7) is 1.22. The molecular weight excluding hydrogens is 232 g/mol. The fourth-order valence-electron chi connectivity index (χ4n) is 1.00. The molecule has 2 aliphatic rings. The van der Waals surface area contributed by atoms with Crippen LogP contribution in [0.2, 0.25) is 0 Å². The van der Waals surface area contributed by atoms with Crippen molar-refractivity contribution in [3.63, 3.8) is 0 Å². The second-order valence-corrected chi connectivity index (χ2v) is 3.77. The highest BCUT2D eigenvalue weighted by atomic mass is 16.6. The molecule has 96 valence electrons. The molecule has 0 aromatic heterocycles. The summed E-state index contributed by atoms with van der Waals surface area (Å²) in [6, 6.07) is 0. The molecular formula is C10H14O7. The SMILES string of the molecule is O=C(COCC(=O)OCC1CO1)OCC1CO1. The fraction of sp³-hybridized carbons (Fsp3) is 0.800. The number of carbonyl (C=O) groups excluding carboxylic acids is 2. The van der Waals surface area contributed by atoms with Gasteiger partial charge in [0.15, 0.2) is 0 Å². The minimum atomic E-state index is -0.515. The maximum atomic E-state index is 11.1. The van der Waals surface area contributed by atoms with E-state index in [1.54, 1.807) is 0 Å². The number of hydrogen-bond donors (Lipinski definition) is 0. The lowest BCUT2D eigenvalue weighted by atomic mass is 10.5. The Morgan fingerprint density at radius 2 is 1.35 bits per heavy atom. The van der Waals surface area contributed by atoms with Crippen LogP contribution in [-0.4, -0.2) is 63.8 Å². The Labute approximate surface area is 97.9 Å². The van der Waals surface area contributed by atoms with E-state index in [0.29, 0.717) is 13.2 Å². The predicted molar refractivity (Wildman–Crippen MR) is 52.2 cm³/mol. The first kappa shape index (κ1) is 12.3. The van der Waals surface area contributed by atoms with Gasteiger partial charge in [0.2, 0.25) is 0 Å². The molecule has 0 radical (unpaired) electrons. The summed E-state index contributed by atoms with van der Waals surface area (Å²) in [4.78, 5) is 22.1. The molecule has 0 aromatic carbocycles. The van der Waals surface area contributed by atoms with Crippen molar-refractivity contribution in [2.75, 3.05) is 39.6 Å². The molecule has 0 aliphatic carbocycles. The van der Waals surface area contributed by atoms with Crippen molar-refractivity contribution in [2.45, 2.75) is 12.2 Å². The minimum absolute atomic E-state index is 0.0301. The largest absolute Gasteiger partial charge is 0.461 e. The molecule has 2 heterocycles. The fourth-order valence-corrected chi connectivity index (χ4v) is 1.00. The van der Waals surface area contributed by atoms with Gasteiger partial charge in [0.1, 0.15) is 38.6 Å². The van der Waals surface area contributed by atoms with Crippen molar-refractivity contribution in [1.29, 1.82) is 0 Å².